The maximum absolute atomic E-state index is 11.8. The summed E-state index contributed by atoms with van der Waals surface area (Å²) in [5.74, 6) is -2.02. The van der Waals surface area contributed by atoms with Gasteiger partial charge in [0.1, 0.15) is 10.9 Å². The highest BCUT2D eigenvalue weighted by atomic mass is 35.5. The lowest BCUT2D eigenvalue weighted by molar-refractivity contribution is -0.113. The van der Waals surface area contributed by atoms with Crippen LogP contribution in [0.25, 0.3) is 0 Å². The molecule has 0 bridgehead atoms. The molecule has 6 nitrogen and oxygen atoms in total. The van der Waals surface area contributed by atoms with E-state index in [0.29, 0.717) is 5.56 Å². The standard InChI is InChI=1S/C11H13ClN2O4S/c1-3-18-11(17)7-5(2)8(9(13)16)19-10(7)14-6(15)4-12/h3-4H2,1-2H3,(H2,13,16)(H,14,15). The molecule has 0 saturated heterocycles. The number of thiophene rings is 1. The van der Waals surface area contributed by atoms with Gasteiger partial charge >= 0.3 is 5.97 Å². The predicted octanol–water partition coefficient (Wildman–Crippen LogP) is 1.51. The molecule has 0 fully saturated rings. The number of rotatable bonds is 5. The van der Waals surface area contributed by atoms with Crippen molar-refractivity contribution in [1.29, 1.82) is 0 Å². The Labute approximate surface area is 118 Å². The summed E-state index contributed by atoms with van der Waals surface area (Å²) in [6.45, 7) is 3.41. The third-order valence-electron chi connectivity index (χ3n) is 2.22. The zero-order valence-corrected chi connectivity index (χ0v) is 12.0. The fourth-order valence-corrected chi connectivity index (χ4v) is 2.58. The van der Waals surface area contributed by atoms with Gasteiger partial charge in [-0.05, 0) is 19.4 Å². The second kappa shape index (κ2) is 6.53. The molecule has 1 heterocycles. The Morgan fingerprint density at radius 1 is 1.42 bits per heavy atom. The van der Waals surface area contributed by atoms with Gasteiger partial charge in [-0.15, -0.1) is 22.9 Å². The molecule has 0 atom stereocenters. The van der Waals surface area contributed by atoms with Crippen molar-refractivity contribution >= 4 is 45.7 Å². The smallest absolute Gasteiger partial charge is 0.341 e. The van der Waals surface area contributed by atoms with Crippen molar-refractivity contribution in [3.63, 3.8) is 0 Å². The second-order valence-corrected chi connectivity index (χ2v) is 4.81. The van der Waals surface area contributed by atoms with E-state index in [-0.39, 0.29) is 27.9 Å². The minimum absolute atomic E-state index is 0.138. The highest BCUT2D eigenvalue weighted by Crippen LogP contribution is 2.33. The summed E-state index contributed by atoms with van der Waals surface area (Å²) in [4.78, 5) is 34.6. The molecule has 0 unspecified atom stereocenters. The Balaban J connectivity index is 3.26. The van der Waals surface area contributed by atoms with E-state index in [1.165, 1.54) is 0 Å². The van der Waals surface area contributed by atoms with E-state index >= 15 is 0 Å². The molecule has 0 spiro atoms. The van der Waals surface area contributed by atoms with Crippen LogP contribution in [0, 0.1) is 6.92 Å². The zero-order valence-electron chi connectivity index (χ0n) is 10.4. The number of nitrogens with two attached hydrogens (primary N) is 1. The van der Waals surface area contributed by atoms with E-state index < -0.39 is 17.8 Å². The molecule has 0 saturated carbocycles. The quantitative estimate of drug-likeness (QED) is 0.636. The SMILES string of the molecule is CCOC(=O)c1c(NC(=O)CCl)sc(C(N)=O)c1C. The third kappa shape index (κ3) is 3.45. The lowest BCUT2D eigenvalue weighted by atomic mass is 10.1. The van der Waals surface area contributed by atoms with Crippen LogP contribution in [-0.2, 0) is 9.53 Å². The number of halogens is 1. The topological polar surface area (TPSA) is 98.5 Å². The summed E-state index contributed by atoms with van der Waals surface area (Å²) >= 11 is 6.32. The van der Waals surface area contributed by atoms with Gasteiger partial charge in [-0.1, -0.05) is 0 Å². The number of alkyl halides is 1. The van der Waals surface area contributed by atoms with Crippen molar-refractivity contribution in [2.24, 2.45) is 5.73 Å². The minimum atomic E-state index is -0.667. The number of carbonyl (C=O) groups excluding carboxylic acids is 3. The molecule has 3 N–H and O–H groups in total. The molecule has 0 aliphatic rings. The van der Waals surface area contributed by atoms with Gasteiger partial charge in [-0.3, -0.25) is 9.59 Å². The zero-order chi connectivity index (χ0) is 14.6. The van der Waals surface area contributed by atoms with Gasteiger partial charge in [-0.2, -0.15) is 0 Å². The van der Waals surface area contributed by atoms with Crippen LogP contribution >= 0.6 is 22.9 Å². The van der Waals surface area contributed by atoms with Crippen LogP contribution < -0.4 is 11.1 Å². The molecule has 0 aliphatic heterocycles. The maximum atomic E-state index is 11.8. The minimum Gasteiger partial charge on any atom is -0.462 e. The van der Waals surface area contributed by atoms with Gasteiger partial charge in [0.05, 0.1) is 17.0 Å². The van der Waals surface area contributed by atoms with E-state index in [1.807, 2.05) is 0 Å². The van der Waals surface area contributed by atoms with Crippen molar-refractivity contribution in [3.8, 4) is 0 Å². The lowest BCUT2D eigenvalue weighted by Gasteiger charge is -2.05. The summed E-state index contributed by atoms with van der Waals surface area (Å²) in [7, 11) is 0. The molecule has 104 valence electrons. The van der Waals surface area contributed by atoms with E-state index in [1.54, 1.807) is 13.8 Å². The Hall–Kier alpha value is -1.60. The normalized spacial score (nSPS) is 10.1. The van der Waals surface area contributed by atoms with Crippen molar-refractivity contribution in [2.75, 3.05) is 17.8 Å². The lowest BCUT2D eigenvalue weighted by Crippen LogP contribution is -2.15. The fraction of sp³-hybridized carbons (Fsp3) is 0.364. The Morgan fingerprint density at radius 2 is 2.05 bits per heavy atom. The Morgan fingerprint density at radius 3 is 2.53 bits per heavy atom. The Bertz CT molecular complexity index is 527. The van der Waals surface area contributed by atoms with Crippen molar-refractivity contribution in [1.82, 2.24) is 0 Å². The number of primary amides is 1. The molecule has 2 amide bonds. The van der Waals surface area contributed by atoms with Crippen molar-refractivity contribution < 1.29 is 19.1 Å². The predicted molar refractivity (Wildman–Crippen MR) is 72.9 cm³/mol. The fourth-order valence-electron chi connectivity index (χ4n) is 1.45. The average Bonchev–Trinajstić information content (AvgIpc) is 2.66. The number of esters is 1. The number of anilines is 1. The first-order valence-corrected chi connectivity index (χ1v) is 6.73. The first-order chi connectivity index (χ1) is 8.92. The molecule has 19 heavy (non-hydrogen) atoms. The van der Waals surface area contributed by atoms with Crippen molar-refractivity contribution in [3.05, 3.63) is 16.0 Å². The van der Waals surface area contributed by atoms with Crippen LogP contribution in [0.4, 0.5) is 5.00 Å². The van der Waals surface area contributed by atoms with Crippen LogP contribution in [0.1, 0.15) is 32.5 Å². The number of ether oxygens (including phenoxy) is 1. The van der Waals surface area contributed by atoms with Crippen LogP contribution in [-0.4, -0.2) is 30.3 Å². The maximum Gasteiger partial charge on any atom is 0.341 e. The number of amides is 2. The number of carbonyl (C=O) groups is 3. The largest absolute Gasteiger partial charge is 0.462 e. The van der Waals surface area contributed by atoms with E-state index in [4.69, 9.17) is 22.1 Å². The molecular formula is C11H13ClN2O4S. The summed E-state index contributed by atoms with van der Waals surface area (Å²) in [5.41, 5.74) is 5.74. The molecule has 1 aromatic heterocycles. The van der Waals surface area contributed by atoms with E-state index in [0.717, 1.165) is 11.3 Å². The Kier molecular flexibility index (Phi) is 5.31. The van der Waals surface area contributed by atoms with Crippen LogP contribution in [0.2, 0.25) is 0 Å². The number of hydrogen-bond donors (Lipinski definition) is 2. The number of hydrogen-bond acceptors (Lipinski definition) is 5. The highest BCUT2D eigenvalue weighted by molar-refractivity contribution is 7.18. The summed E-state index contributed by atoms with van der Waals surface area (Å²) in [6, 6.07) is 0. The van der Waals surface area contributed by atoms with Crippen molar-refractivity contribution in [2.45, 2.75) is 13.8 Å². The molecule has 1 rings (SSSR count). The first-order valence-electron chi connectivity index (χ1n) is 5.38. The van der Waals surface area contributed by atoms with Gasteiger partial charge in [0.15, 0.2) is 0 Å². The average molecular weight is 305 g/mol. The molecule has 0 radical (unpaired) electrons. The van der Waals surface area contributed by atoms with Gasteiger partial charge in [0.25, 0.3) is 5.91 Å². The van der Waals surface area contributed by atoms with E-state index in [9.17, 15) is 14.4 Å². The van der Waals surface area contributed by atoms with Crippen LogP contribution in [0.3, 0.4) is 0 Å². The first kappa shape index (κ1) is 15.5. The van der Waals surface area contributed by atoms with E-state index in [2.05, 4.69) is 5.32 Å². The van der Waals surface area contributed by atoms with Crippen LogP contribution in [0.15, 0.2) is 0 Å². The monoisotopic (exact) mass is 304 g/mol. The third-order valence-corrected chi connectivity index (χ3v) is 3.69. The summed E-state index contributed by atoms with van der Waals surface area (Å²) < 4.78 is 4.89. The molecule has 1 aromatic rings. The highest BCUT2D eigenvalue weighted by Gasteiger charge is 2.25. The summed E-state index contributed by atoms with van der Waals surface area (Å²) in [5, 5.41) is 2.67. The van der Waals surface area contributed by atoms with Gasteiger partial charge in [0, 0.05) is 0 Å². The van der Waals surface area contributed by atoms with Gasteiger partial charge in [-0.25, -0.2) is 4.79 Å². The van der Waals surface area contributed by atoms with Gasteiger partial charge < -0.3 is 15.8 Å². The van der Waals surface area contributed by atoms with Crippen LogP contribution in [0.5, 0.6) is 0 Å². The molecule has 8 heteroatoms. The van der Waals surface area contributed by atoms with Gasteiger partial charge in [0.2, 0.25) is 5.91 Å². The number of nitrogens with one attached hydrogen (secondary N) is 1. The molecule has 0 aromatic carbocycles. The summed E-state index contributed by atoms with van der Waals surface area (Å²) in [6.07, 6.45) is 0. The second-order valence-electron chi connectivity index (χ2n) is 3.53. The molecular weight excluding hydrogens is 292 g/mol. The molecule has 0 aliphatic carbocycles.